The van der Waals surface area contributed by atoms with E-state index in [0.717, 1.165) is 51.4 Å². The second-order valence-corrected chi connectivity index (χ2v) is 23.5. The van der Waals surface area contributed by atoms with Crippen LogP contribution in [0.2, 0.25) is 0 Å². The molecule has 0 aromatic rings. The number of aliphatic hydroxyl groups excluding tert-OH is 2. The van der Waals surface area contributed by atoms with Crippen LogP contribution in [0.1, 0.15) is 373 Å². The average Bonchev–Trinajstić information content (AvgIpc) is 3.42. The normalized spacial score (nSPS) is 12.7. The van der Waals surface area contributed by atoms with Crippen LogP contribution in [0, 0.1) is 0 Å². The molecule has 448 valence electrons. The second kappa shape index (κ2) is 65.6. The second-order valence-electron chi connectivity index (χ2n) is 23.5. The van der Waals surface area contributed by atoms with Crippen LogP contribution in [0.5, 0.6) is 0 Å². The van der Waals surface area contributed by atoms with Crippen molar-refractivity contribution >= 4 is 11.9 Å². The summed E-state index contributed by atoms with van der Waals surface area (Å²) in [6.07, 6.45) is 83.3. The molecule has 0 aliphatic heterocycles. The van der Waals surface area contributed by atoms with Gasteiger partial charge in [0.05, 0.1) is 25.4 Å². The van der Waals surface area contributed by atoms with Crippen molar-refractivity contribution in [3.8, 4) is 0 Å². The minimum Gasteiger partial charge on any atom is -0.466 e. The van der Waals surface area contributed by atoms with E-state index in [1.54, 1.807) is 0 Å². The molecule has 0 aliphatic rings. The molecule has 2 unspecified atom stereocenters. The van der Waals surface area contributed by atoms with Gasteiger partial charge in [0.1, 0.15) is 0 Å². The number of carbonyl (C=O) groups is 2. The molecular weight excluding hydrogens is 935 g/mol. The molecule has 0 saturated heterocycles. The van der Waals surface area contributed by atoms with Gasteiger partial charge in [-0.15, -0.1) is 0 Å². The fraction of sp³-hybridized carbons (Fsp3) is 0.886. The number of amides is 1. The highest BCUT2D eigenvalue weighted by molar-refractivity contribution is 5.76. The van der Waals surface area contributed by atoms with E-state index in [2.05, 4.69) is 55.6 Å². The zero-order valence-corrected chi connectivity index (χ0v) is 51.3. The highest BCUT2D eigenvalue weighted by Gasteiger charge is 2.20. The SMILES string of the molecule is CCC/C=C\C/C=C\CCCCCCCC(=O)OCCCCCCCCCCCCCC/C=C\CCCCCCCCCCCCCCC(=O)NC(CO)C(O)CCCCCCCCCCCCCCCCCCCC. The molecule has 0 spiro atoms. The number of ether oxygens (including phenoxy) is 1. The molecule has 0 aromatic heterocycles. The molecule has 0 bridgehead atoms. The van der Waals surface area contributed by atoms with Crippen LogP contribution in [-0.2, 0) is 14.3 Å². The highest BCUT2D eigenvalue weighted by Crippen LogP contribution is 2.18. The number of allylic oxidation sites excluding steroid dienone is 6. The number of esters is 1. The summed E-state index contributed by atoms with van der Waals surface area (Å²) in [6.45, 7) is 4.91. The van der Waals surface area contributed by atoms with E-state index in [0.29, 0.717) is 25.9 Å². The summed E-state index contributed by atoms with van der Waals surface area (Å²) in [4.78, 5) is 24.6. The number of nitrogens with one attached hydrogen (secondary N) is 1. The van der Waals surface area contributed by atoms with Crippen molar-refractivity contribution in [2.45, 2.75) is 386 Å². The Morgan fingerprint density at radius 1 is 0.368 bits per heavy atom. The third-order valence-electron chi connectivity index (χ3n) is 15.9. The summed E-state index contributed by atoms with van der Waals surface area (Å²) in [5, 5.41) is 23.4. The Morgan fingerprint density at radius 2 is 0.684 bits per heavy atom. The Morgan fingerprint density at radius 3 is 1.07 bits per heavy atom. The van der Waals surface area contributed by atoms with Gasteiger partial charge in [-0.3, -0.25) is 9.59 Å². The van der Waals surface area contributed by atoms with Gasteiger partial charge < -0.3 is 20.3 Å². The molecule has 3 N–H and O–H groups in total. The minimum absolute atomic E-state index is 0.000705. The molecule has 0 radical (unpaired) electrons. The molecule has 76 heavy (non-hydrogen) atoms. The first-order valence-electron chi connectivity index (χ1n) is 34.2. The van der Waals surface area contributed by atoms with Crippen molar-refractivity contribution in [1.82, 2.24) is 5.32 Å². The van der Waals surface area contributed by atoms with Crippen molar-refractivity contribution in [3.05, 3.63) is 36.5 Å². The summed E-state index contributed by atoms with van der Waals surface area (Å²) in [7, 11) is 0. The lowest BCUT2D eigenvalue weighted by atomic mass is 10.0. The largest absolute Gasteiger partial charge is 0.466 e. The molecule has 0 fully saturated rings. The third-order valence-corrected chi connectivity index (χ3v) is 15.9. The first kappa shape index (κ1) is 74.1. The van der Waals surface area contributed by atoms with Crippen LogP contribution < -0.4 is 5.32 Å². The molecule has 6 heteroatoms. The maximum atomic E-state index is 12.5. The van der Waals surface area contributed by atoms with Gasteiger partial charge in [-0.25, -0.2) is 0 Å². The number of hydrogen-bond donors (Lipinski definition) is 3. The zero-order chi connectivity index (χ0) is 55.0. The van der Waals surface area contributed by atoms with Crippen LogP contribution in [-0.4, -0.2) is 47.4 Å². The maximum absolute atomic E-state index is 12.5. The van der Waals surface area contributed by atoms with Crippen molar-refractivity contribution in [2.24, 2.45) is 0 Å². The lowest BCUT2D eigenvalue weighted by Crippen LogP contribution is -2.45. The number of carbonyl (C=O) groups excluding carboxylic acids is 2. The predicted octanol–water partition coefficient (Wildman–Crippen LogP) is 21.9. The van der Waals surface area contributed by atoms with Crippen LogP contribution in [0.3, 0.4) is 0 Å². The summed E-state index contributed by atoms with van der Waals surface area (Å²) in [5.41, 5.74) is 0. The Bertz CT molecular complexity index is 1230. The monoisotopic (exact) mass is 1070 g/mol. The van der Waals surface area contributed by atoms with Crippen molar-refractivity contribution in [2.75, 3.05) is 13.2 Å². The van der Waals surface area contributed by atoms with Crippen LogP contribution in [0.25, 0.3) is 0 Å². The smallest absolute Gasteiger partial charge is 0.305 e. The summed E-state index contributed by atoms with van der Waals surface area (Å²) < 4.78 is 5.47. The van der Waals surface area contributed by atoms with Gasteiger partial charge in [0.15, 0.2) is 0 Å². The Balaban J connectivity index is 3.38. The van der Waals surface area contributed by atoms with E-state index >= 15 is 0 Å². The molecule has 0 heterocycles. The van der Waals surface area contributed by atoms with Gasteiger partial charge in [-0.05, 0) is 77.0 Å². The Labute approximate surface area is 474 Å². The van der Waals surface area contributed by atoms with Gasteiger partial charge in [-0.1, -0.05) is 320 Å². The highest BCUT2D eigenvalue weighted by atomic mass is 16.5. The molecule has 0 saturated carbocycles. The molecule has 6 nitrogen and oxygen atoms in total. The van der Waals surface area contributed by atoms with Crippen LogP contribution >= 0.6 is 0 Å². The average molecular weight is 1070 g/mol. The summed E-state index contributed by atoms with van der Waals surface area (Å²) in [6, 6.07) is -0.542. The fourth-order valence-corrected chi connectivity index (χ4v) is 10.7. The number of rotatable bonds is 64. The first-order valence-corrected chi connectivity index (χ1v) is 34.2. The molecule has 0 rings (SSSR count). The number of unbranched alkanes of at least 4 members (excludes halogenated alkanes) is 47. The van der Waals surface area contributed by atoms with Crippen LogP contribution in [0.4, 0.5) is 0 Å². The van der Waals surface area contributed by atoms with E-state index in [1.165, 1.54) is 289 Å². The van der Waals surface area contributed by atoms with E-state index in [4.69, 9.17) is 4.74 Å². The molecule has 2 atom stereocenters. The van der Waals surface area contributed by atoms with Crippen molar-refractivity contribution in [1.29, 1.82) is 0 Å². The van der Waals surface area contributed by atoms with Crippen LogP contribution in [0.15, 0.2) is 36.5 Å². The third kappa shape index (κ3) is 61.3. The van der Waals surface area contributed by atoms with Gasteiger partial charge in [0, 0.05) is 12.8 Å². The van der Waals surface area contributed by atoms with E-state index in [1.807, 2.05) is 0 Å². The number of hydrogen-bond acceptors (Lipinski definition) is 5. The van der Waals surface area contributed by atoms with E-state index < -0.39 is 12.1 Å². The maximum Gasteiger partial charge on any atom is 0.305 e. The lowest BCUT2D eigenvalue weighted by molar-refractivity contribution is -0.143. The lowest BCUT2D eigenvalue weighted by Gasteiger charge is -2.22. The molecule has 0 aliphatic carbocycles. The first-order chi connectivity index (χ1) is 37.5. The minimum atomic E-state index is -0.665. The molecular formula is C70H133NO5. The van der Waals surface area contributed by atoms with E-state index in [9.17, 15) is 19.8 Å². The summed E-state index contributed by atoms with van der Waals surface area (Å²) in [5.74, 6) is -0.0311. The Hall–Kier alpha value is -1.92. The van der Waals surface area contributed by atoms with Gasteiger partial charge in [0.2, 0.25) is 5.91 Å². The quantitative estimate of drug-likeness (QED) is 0.0320. The van der Waals surface area contributed by atoms with Gasteiger partial charge >= 0.3 is 5.97 Å². The van der Waals surface area contributed by atoms with Crippen molar-refractivity contribution < 1.29 is 24.5 Å². The predicted molar refractivity (Wildman–Crippen MR) is 333 cm³/mol. The molecule has 0 aromatic carbocycles. The topological polar surface area (TPSA) is 95.9 Å². The van der Waals surface area contributed by atoms with Crippen molar-refractivity contribution in [3.63, 3.8) is 0 Å². The summed E-state index contributed by atoms with van der Waals surface area (Å²) >= 11 is 0. The van der Waals surface area contributed by atoms with E-state index in [-0.39, 0.29) is 18.5 Å². The van der Waals surface area contributed by atoms with Gasteiger partial charge in [-0.2, -0.15) is 0 Å². The number of aliphatic hydroxyl groups is 2. The Kier molecular flexibility index (Phi) is 63.9. The standard InChI is InChI=1S/C70H133NO5/c1-3-5-7-9-11-13-15-17-18-19-32-35-39-42-46-50-54-58-62-68(73)67(66-72)71-69(74)63-59-55-51-47-43-40-36-33-30-28-26-24-22-20-21-23-25-27-29-31-34-37-41-45-49-53-57-61-65-76-70(75)64-60-56-52-48-44-38-16-14-12-10-8-6-4-2/h8,10,14,16,20-21,67-68,72-73H,3-7,9,11-13,15,17-19,22-66H2,1-2H3,(H,71,74)/b10-8-,16-14-,21-20-. The fourth-order valence-electron chi connectivity index (χ4n) is 10.7. The molecule has 1 amide bonds. The van der Waals surface area contributed by atoms with Gasteiger partial charge in [0.25, 0.3) is 0 Å². The zero-order valence-electron chi connectivity index (χ0n) is 51.3.